The monoisotopic (exact) mass is 265 g/mol. The van der Waals surface area contributed by atoms with E-state index in [9.17, 15) is 0 Å². The average Bonchev–Trinajstić information content (AvgIpc) is 2.28. The molecule has 0 atom stereocenters. The van der Waals surface area contributed by atoms with Gasteiger partial charge in [-0.15, -0.1) is 0 Å². The second-order valence-electron chi connectivity index (χ2n) is 4.91. The molecule has 0 aliphatic carbocycles. The number of hydrogen-bond acceptors (Lipinski definition) is 3. The van der Waals surface area contributed by atoms with Gasteiger partial charge in [-0.1, -0.05) is 18.3 Å². The lowest BCUT2D eigenvalue weighted by molar-refractivity contribution is 0.284. The van der Waals surface area contributed by atoms with E-state index in [1.807, 2.05) is 12.1 Å². The van der Waals surface area contributed by atoms with E-state index < -0.39 is 0 Å². The van der Waals surface area contributed by atoms with Gasteiger partial charge in [0.1, 0.15) is 4.99 Å². The van der Waals surface area contributed by atoms with Crippen molar-refractivity contribution in [2.45, 2.75) is 26.8 Å². The second-order valence-corrected chi connectivity index (χ2v) is 5.35. The van der Waals surface area contributed by atoms with Crippen LogP contribution in [0.25, 0.3) is 0 Å². The minimum absolute atomic E-state index is 0.440. The fourth-order valence-corrected chi connectivity index (χ4v) is 1.82. The van der Waals surface area contributed by atoms with Crippen LogP contribution in [0.2, 0.25) is 0 Å². The molecule has 0 aliphatic rings. The summed E-state index contributed by atoms with van der Waals surface area (Å²) < 4.78 is 0. The van der Waals surface area contributed by atoms with E-state index in [4.69, 9.17) is 18.0 Å². The molecule has 3 N–H and O–H groups in total. The van der Waals surface area contributed by atoms with E-state index in [1.54, 1.807) is 0 Å². The Kier molecular flexibility index (Phi) is 5.56. The van der Waals surface area contributed by atoms with Crippen LogP contribution in [-0.4, -0.2) is 36.1 Å². The summed E-state index contributed by atoms with van der Waals surface area (Å²) in [5.41, 5.74) is 8.88. The first kappa shape index (κ1) is 14.9. The van der Waals surface area contributed by atoms with Gasteiger partial charge in [0.25, 0.3) is 0 Å². The molecule has 1 rings (SSSR count). The van der Waals surface area contributed by atoms with Crippen molar-refractivity contribution >= 4 is 22.9 Å². The van der Waals surface area contributed by atoms with Crippen molar-refractivity contribution < 1.29 is 0 Å². The molecule has 0 aliphatic heterocycles. The highest BCUT2D eigenvalue weighted by molar-refractivity contribution is 7.80. The smallest absolute Gasteiger partial charge is 0.106 e. The van der Waals surface area contributed by atoms with Gasteiger partial charge < -0.3 is 16.0 Å². The van der Waals surface area contributed by atoms with Crippen molar-refractivity contribution in [1.29, 1.82) is 0 Å². The van der Waals surface area contributed by atoms with Crippen LogP contribution in [0.1, 0.15) is 25.0 Å². The first-order valence-electron chi connectivity index (χ1n) is 6.26. The summed E-state index contributed by atoms with van der Waals surface area (Å²) in [4.78, 5) is 2.73. The van der Waals surface area contributed by atoms with Crippen LogP contribution in [0.3, 0.4) is 0 Å². The maximum atomic E-state index is 5.73. The van der Waals surface area contributed by atoms with Gasteiger partial charge in [-0.25, -0.2) is 0 Å². The zero-order chi connectivity index (χ0) is 13.7. The molecule has 100 valence electrons. The summed E-state index contributed by atoms with van der Waals surface area (Å²) in [6, 6.07) is 6.65. The molecule has 0 radical (unpaired) electrons. The molecule has 0 bridgehead atoms. The molecule has 0 saturated heterocycles. The van der Waals surface area contributed by atoms with Gasteiger partial charge >= 0.3 is 0 Å². The Hall–Kier alpha value is -1.13. The molecule has 1 aromatic carbocycles. The molecule has 0 heterocycles. The maximum absolute atomic E-state index is 5.73. The summed E-state index contributed by atoms with van der Waals surface area (Å²) in [6.07, 6.45) is 0. The fraction of sp³-hybridized carbons (Fsp3) is 0.500. The van der Waals surface area contributed by atoms with Crippen molar-refractivity contribution in [2.24, 2.45) is 5.73 Å². The Labute approximate surface area is 115 Å². The summed E-state index contributed by atoms with van der Waals surface area (Å²) in [7, 11) is 2.12. The van der Waals surface area contributed by atoms with Gasteiger partial charge in [0.15, 0.2) is 0 Å². The summed E-state index contributed by atoms with van der Waals surface area (Å²) >= 11 is 5.06. The number of hydrogen-bond donors (Lipinski definition) is 2. The highest BCUT2D eigenvalue weighted by atomic mass is 32.1. The normalized spacial score (nSPS) is 11.0. The number of rotatable bonds is 6. The predicted molar refractivity (Wildman–Crippen MR) is 83.3 cm³/mol. The van der Waals surface area contributed by atoms with Gasteiger partial charge in [-0.05, 0) is 45.5 Å². The maximum Gasteiger partial charge on any atom is 0.106 e. The van der Waals surface area contributed by atoms with Crippen molar-refractivity contribution in [2.75, 3.05) is 25.5 Å². The fourth-order valence-electron chi connectivity index (χ4n) is 1.64. The van der Waals surface area contributed by atoms with E-state index in [0.29, 0.717) is 11.0 Å². The molecule has 1 aromatic rings. The van der Waals surface area contributed by atoms with Crippen LogP contribution in [0, 0.1) is 6.92 Å². The number of thiocarbonyl (C=S) groups is 1. The zero-order valence-electron chi connectivity index (χ0n) is 11.7. The number of anilines is 1. The average molecular weight is 265 g/mol. The summed E-state index contributed by atoms with van der Waals surface area (Å²) in [5.74, 6) is 0. The third-order valence-corrected chi connectivity index (χ3v) is 3.32. The number of nitrogens with one attached hydrogen (secondary N) is 1. The molecular formula is C14H23N3S. The lowest BCUT2D eigenvalue weighted by Gasteiger charge is -2.21. The van der Waals surface area contributed by atoms with Crippen LogP contribution in [0.4, 0.5) is 5.69 Å². The van der Waals surface area contributed by atoms with Crippen molar-refractivity contribution in [3.8, 4) is 0 Å². The van der Waals surface area contributed by atoms with Crippen LogP contribution < -0.4 is 11.1 Å². The molecule has 18 heavy (non-hydrogen) atoms. The van der Waals surface area contributed by atoms with Gasteiger partial charge in [0.2, 0.25) is 0 Å². The van der Waals surface area contributed by atoms with Crippen LogP contribution in [-0.2, 0) is 0 Å². The predicted octanol–water partition coefficient (Wildman–Crippen LogP) is 2.38. The Balaban J connectivity index is 2.66. The Morgan fingerprint density at radius 1 is 1.44 bits per heavy atom. The minimum atomic E-state index is 0.440. The molecule has 0 amide bonds. The standard InChI is InChI=1S/C14H23N3S/c1-10(2)17(4)8-7-16-13-9-11(3)5-6-12(13)14(15)18/h5-6,9-10,16H,7-8H2,1-4H3,(H2,15,18). The van der Waals surface area contributed by atoms with Crippen molar-refractivity contribution in [3.05, 3.63) is 29.3 Å². The first-order chi connectivity index (χ1) is 8.41. The highest BCUT2D eigenvalue weighted by Crippen LogP contribution is 2.17. The van der Waals surface area contributed by atoms with E-state index >= 15 is 0 Å². The Morgan fingerprint density at radius 2 is 2.11 bits per heavy atom. The van der Waals surface area contributed by atoms with Gasteiger partial charge in [0.05, 0.1) is 0 Å². The molecule has 4 heteroatoms. The second kappa shape index (κ2) is 6.71. The van der Waals surface area contributed by atoms with Crippen molar-refractivity contribution in [3.63, 3.8) is 0 Å². The van der Waals surface area contributed by atoms with E-state index in [-0.39, 0.29) is 0 Å². The largest absolute Gasteiger partial charge is 0.389 e. The number of aryl methyl sites for hydroxylation is 1. The molecule has 0 spiro atoms. The number of likely N-dealkylation sites (N-methyl/N-ethyl adjacent to an activating group) is 1. The van der Waals surface area contributed by atoms with Gasteiger partial charge in [-0.2, -0.15) is 0 Å². The van der Waals surface area contributed by atoms with Crippen LogP contribution in [0.5, 0.6) is 0 Å². The molecular weight excluding hydrogens is 242 g/mol. The topological polar surface area (TPSA) is 41.3 Å². The van der Waals surface area contributed by atoms with E-state index in [1.165, 1.54) is 5.56 Å². The quantitative estimate of drug-likeness (QED) is 0.775. The third kappa shape index (κ3) is 4.27. The molecule has 0 fully saturated rings. The Bertz CT molecular complexity index is 416. The Morgan fingerprint density at radius 3 is 2.67 bits per heavy atom. The SMILES string of the molecule is Cc1ccc(C(N)=S)c(NCCN(C)C(C)C)c1. The molecule has 0 unspecified atom stereocenters. The molecule has 0 aromatic heterocycles. The van der Waals surface area contributed by atoms with Gasteiger partial charge in [-0.3, -0.25) is 0 Å². The summed E-state index contributed by atoms with van der Waals surface area (Å²) in [6.45, 7) is 8.31. The van der Waals surface area contributed by atoms with Crippen molar-refractivity contribution in [1.82, 2.24) is 4.90 Å². The summed E-state index contributed by atoms with van der Waals surface area (Å²) in [5, 5.41) is 3.41. The molecule has 0 saturated carbocycles. The van der Waals surface area contributed by atoms with E-state index in [2.05, 4.69) is 44.1 Å². The van der Waals surface area contributed by atoms with Crippen LogP contribution >= 0.6 is 12.2 Å². The number of nitrogens with two attached hydrogens (primary N) is 1. The number of nitrogens with zero attached hydrogens (tertiary/aromatic N) is 1. The van der Waals surface area contributed by atoms with E-state index in [0.717, 1.165) is 24.3 Å². The molecule has 3 nitrogen and oxygen atoms in total. The van der Waals surface area contributed by atoms with Gasteiger partial charge in [0, 0.05) is 30.4 Å². The minimum Gasteiger partial charge on any atom is -0.389 e. The van der Waals surface area contributed by atoms with Crippen LogP contribution in [0.15, 0.2) is 18.2 Å². The lowest BCUT2D eigenvalue weighted by Crippen LogP contribution is -2.31. The lowest BCUT2D eigenvalue weighted by atomic mass is 10.1. The third-order valence-electron chi connectivity index (χ3n) is 3.10. The number of benzene rings is 1. The zero-order valence-corrected chi connectivity index (χ0v) is 12.5. The first-order valence-corrected chi connectivity index (χ1v) is 6.67. The highest BCUT2D eigenvalue weighted by Gasteiger charge is 2.06.